The normalized spacial score (nSPS) is 14.5. The van der Waals surface area contributed by atoms with Crippen molar-refractivity contribution in [3.63, 3.8) is 0 Å². The van der Waals surface area contributed by atoms with Crippen LogP contribution in [0.4, 0.5) is 28.8 Å². The molecule has 0 bridgehead atoms. The number of nitrogens with zero attached hydrogens (tertiary/aromatic N) is 4. The van der Waals surface area contributed by atoms with Gasteiger partial charge in [-0.3, -0.25) is 4.79 Å². The summed E-state index contributed by atoms with van der Waals surface area (Å²) in [5, 5.41) is 9.75. The molecule has 2 heterocycles. The fraction of sp³-hybridized carbons (Fsp3) is 0.269. The summed E-state index contributed by atoms with van der Waals surface area (Å²) in [7, 11) is 1.65. The van der Waals surface area contributed by atoms with Crippen molar-refractivity contribution in [1.29, 1.82) is 0 Å². The maximum absolute atomic E-state index is 11.6. The number of carbonyl (C=O) groups is 1. The number of anilines is 5. The number of nitrogens with one attached hydrogen (secondary N) is 3. The van der Waals surface area contributed by atoms with Gasteiger partial charge in [-0.2, -0.15) is 4.98 Å². The van der Waals surface area contributed by atoms with Gasteiger partial charge in [0.05, 0.1) is 25.0 Å². The van der Waals surface area contributed by atoms with E-state index in [-0.39, 0.29) is 11.9 Å². The van der Waals surface area contributed by atoms with Crippen molar-refractivity contribution >= 4 is 69.2 Å². The third-order valence-corrected chi connectivity index (χ3v) is 7.20. The maximum atomic E-state index is 11.6. The minimum Gasteiger partial charge on any atom is -0.494 e. The van der Waals surface area contributed by atoms with E-state index in [1.807, 2.05) is 43.3 Å². The van der Waals surface area contributed by atoms with Gasteiger partial charge in [0.25, 0.3) is 0 Å². The molecule has 0 saturated carbocycles. The van der Waals surface area contributed by atoms with Crippen molar-refractivity contribution in [3.8, 4) is 5.75 Å². The zero-order chi connectivity index (χ0) is 26.4. The molecule has 37 heavy (non-hydrogen) atoms. The Hall–Kier alpha value is -3.09. The van der Waals surface area contributed by atoms with E-state index in [2.05, 4.69) is 69.4 Å². The fourth-order valence-corrected chi connectivity index (χ4v) is 4.51. The van der Waals surface area contributed by atoms with Crippen LogP contribution in [0.1, 0.15) is 18.5 Å². The van der Waals surface area contributed by atoms with Crippen LogP contribution in [0.5, 0.6) is 5.75 Å². The summed E-state index contributed by atoms with van der Waals surface area (Å²) in [5.74, 6) is 1.31. The summed E-state index contributed by atoms with van der Waals surface area (Å²) in [4.78, 5) is 22.9. The first kappa shape index (κ1) is 27.0. The predicted molar refractivity (Wildman–Crippen MR) is 158 cm³/mol. The van der Waals surface area contributed by atoms with Crippen LogP contribution in [-0.2, 0) is 4.79 Å². The molecule has 1 aliphatic rings. The van der Waals surface area contributed by atoms with E-state index >= 15 is 0 Å². The van der Waals surface area contributed by atoms with E-state index in [4.69, 9.17) is 16.3 Å². The van der Waals surface area contributed by atoms with Crippen LogP contribution in [0.3, 0.4) is 0 Å². The molecule has 11 heteroatoms. The number of aromatic nitrogens is 2. The van der Waals surface area contributed by atoms with Crippen LogP contribution in [-0.4, -0.2) is 52.3 Å². The summed E-state index contributed by atoms with van der Waals surface area (Å²) < 4.78 is 7.95. The molecule has 0 spiro atoms. The van der Waals surface area contributed by atoms with E-state index in [9.17, 15) is 4.79 Å². The second kappa shape index (κ2) is 12.4. The highest BCUT2D eigenvalue weighted by molar-refractivity contribution is 14.1. The minimum atomic E-state index is -0.265. The second-order valence-corrected chi connectivity index (χ2v) is 10.3. The van der Waals surface area contributed by atoms with Crippen LogP contribution >= 0.6 is 34.5 Å². The molecule has 0 aliphatic carbocycles. The Kier molecular flexibility index (Phi) is 9.06. The molecule has 1 amide bonds. The Morgan fingerprint density at radius 2 is 2.00 bits per heavy atom. The monoisotopic (exact) mass is 633 g/mol. The molecule has 1 unspecified atom stereocenters. The van der Waals surface area contributed by atoms with Gasteiger partial charge in [-0.25, -0.2) is 8.10 Å². The molecular formula is C26H29ClIN7O2. The van der Waals surface area contributed by atoms with Gasteiger partial charge in [-0.1, -0.05) is 30.3 Å². The Morgan fingerprint density at radius 1 is 1.22 bits per heavy atom. The zero-order valence-electron chi connectivity index (χ0n) is 20.7. The van der Waals surface area contributed by atoms with Gasteiger partial charge >= 0.3 is 0 Å². The first-order valence-corrected chi connectivity index (χ1v) is 13.1. The third-order valence-electron chi connectivity index (χ3n) is 5.96. The molecule has 1 fully saturated rings. The first-order valence-electron chi connectivity index (χ1n) is 11.8. The lowest BCUT2D eigenvalue weighted by Crippen LogP contribution is -2.42. The number of ether oxygens (including phenoxy) is 1. The quantitative estimate of drug-likeness (QED) is 0.158. The van der Waals surface area contributed by atoms with Gasteiger partial charge in [-0.05, 0) is 42.8 Å². The Bertz CT molecular complexity index is 1270. The summed E-state index contributed by atoms with van der Waals surface area (Å²) in [5.41, 5.74) is 3.50. The van der Waals surface area contributed by atoms with Gasteiger partial charge in [0, 0.05) is 66.5 Å². The molecule has 1 aromatic heterocycles. The van der Waals surface area contributed by atoms with E-state index < -0.39 is 0 Å². The molecular weight excluding hydrogens is 605 g/mol. The molecule has 1 saturated heterocycles. The number of piperazine rings is 1. The highest BCUT2D eigenvalue weighted by Crippen LogP contribution is 2.33. The topological polar surface area (TPSA) is 94.6 Å². The van der Waals surface area contributed by atoms with E-state index in [1.54, 1.807) is 13.3 Å². The number of hydrogen-bond acceptors (Lipinski definition) is 8. The Labute approximate surface area is 235 Å². The first-order chi connectivity index (χ1) is 17.9. The SMILES string of the molecule is C=CC(=O)Nc1cccc(C(C)Nc2nc(Nc3ccc(N4CCN(I)CC4)cc3OC)ncc2Cl)c1. The van der Waals surface area contributed by atoms with Crippen LogP contribution < -0.4 is 25.6 Å². The lowest BCUT2D eigenvalue weighted by molar-refractivity contribution is -0.111. The van der Waals surface area contributed by atoms with Gasteiger partial charge in [0.1, 0.15) is 10.8 Å². The molecule has 1 atom stereocenters. The van der Waals surface area contributed by atoms with Crippen molar-refractivity contribution in [2.75, 3.05) is 54.1 Å². The van der Waals surface area contributed by atoms with Gasteiger partial charge < -0.3 is 25.6 Å². The number of halogens is 2. The molecule has 1 aliphatic heterocycles. The van der Waals surface area contributed by atoms with Crippen molar-refractivity contribution in [2.24, 2.45) is 0 Å². The van der Waals surface area contributed by atoms with Crippen molar-refractivity contribution in [1.82, 2.24) is 13.1 Å². The van der Waals surface area contributed by atoms with E-state index in [1.165, 1.54) is 6.08 Å². The summed E-state index contributed by atoms with van der Waals surface area (Å²) >= 11 is 8.77. The number of carbonyl (C=O) groups excluding carboxylic acids is 1. The number of methoxy groups -OCH3 is 1. The van der Waals surface area contributed by atoms with Crippen molar-refractivity contribution in [3.05, 3.63) is 71.9 Å². The average molecular weight is 634 g/mol. The molecule has 194 valence electrons. The van der Waals surface area contributed by atoms with Crippen molar-refractivity contribution < 1.29 is 9.53 Å². The van der Waals surface area contributed by atoms with Crippen LogP contribution in [0.2, 0.25) is 5.02 Å². The van der Waals surface area contributed by atoms with Crippen LogP contribution in [0.15, 0.2) is 61.3 Å². The summed E-state index contributed by atoms with van der Waals surface area (Å²) in [6.07, 6.45) is 2.79. The lowest BCUT2D eigenvalue weighted by Gasteiger charge is -2.33. The van der Waals surface area contributed by atoms with Gasteiger partial charge in [0.2, 0.25) is 11.9 Å². The smallest absolute Gasteiger partial charge is 0.247 e. The molecule has 0 radical (unpaired) electrons. The summed E-state index contributed by atoms with van der Waals surface area (Å²) in [6.45, 7) is 9.44. The predicted octanol–water partition coefficient (Wildman–Crippen LogP) is 5.65. The lowest BCUT2D eigenvalue weighted by atomic mass is 10.1. The van der Waals surface area contributed by atoms with E-state index in [0.29, 0.717) is 28.2 Å². The van der Waals surface area contributed by atoms with Gasteiger partial charge in [-0.15, -0.1) is 0 Å². The Morgan fingerprint density at radius 3 is 2.73 bits per heavy atom. The highest BCUT2D eigenvalue weighted by atomic mass is 127. The van der Waals surface area contributed by atoms with Crippen LogP contribution in [0, 0.1) is 0 Å². The Balaban J connectivity index is 1.48. The fourth-order valence-electron chi connectivity index (χ4n) is 3.94. The number of hydrogen-bond donors (Lipinski definition) is 3. The molecule has 4 rings (SSSR count). The van der Waals surface area contributed by atoms with Crippen molar-refractivity contribution in [2.45, 2.75) is 13.0 Å². The average Bonchev–Trinajstić information content (AvgIpc) is 2.91. The molecule has 3 N–H and O–H groups in total. The number of benzene rings is 2. The van der Waals surface area contributed by atoms with Gasteiger partial charge in [0.15, 0.2) is 5.82 Å². The largest absolute Gasteiger partial charge is 0.494 e. The standard InChI is InChI=1S/C26H29ClIN7O2/c1-4-24(36)31-19-7-5-6-18(14-19)17(2)30-25-21(27)16-29-26(33-25)32-22-9-8-20(15-23(22)37-3)34-10-12-35(28)13-11-34/h4-9,14-17H,1,10-13H2,2-3H3,(H,31,36)(H2,29,30,32,33). The maximum Gasteiger partial charge on any atom is 0.247 e. The molecule has 2 aromatic carbocycles. The number of rotatable bonds is 9. The second-order valence-electron chi connectivity index (χ2n) is 8.48. The van der Waals surface area contributed by atoms with E-state index in [0.717, 1.165) is 43.1 Å². The minimum absolute atomic E-state index is 0.141. The summed E-state index contributed by atoms with van der Waals surface area (Å²) in [6, 6.07) is 13.5. The molecule has 9 nitrogen and oxygen atoms in total. The zero-order valence-corrected chi connectivity index (χ0v) is 23.6. The highest BCUT2D eigenvalue weighted by Gasteiger charge is 2.18. The third kappa shape index (κ3) is 7.02. The molecule has 3 aromatic rings. The van der Waals surface area contributed by atoms with Crippen LogP contribution in [0.25, 0.3) is 0 Å². The number of amides is 1.